The number of halogens is 3. The third-order valence-corrected chi connectivity index (χ3v) is 3.22. The SMILES string of the molecule is Fc1cccc(CNCc2cccc(Cl)c2)c1Cl. The number of hydrogen-bond acceptors (Lipinski definition) is 1. The zero-order valence-corrected chi connectivity index (χ0v) is 11.1. The van der Waals surface area contributed by atoms with E-state index >= 15 is 0 Å². The van der Waals surface area contributed by atoms with Gasteiger partial charge < -0.3 is 5.32 Å². The molecule has 0 amide bonds. The van der Waals surface area contributed by atoms with E-state index in [2.05, 4.69) is 5.32 Å². The molecule has 0 aliphatic carbocycles. The monoisotopic (exact) mass is 283 g/mol. The standard InChI is InChI=1S/C14H12Cl2FN/c15-12-5-1-3-10(7-12)8-18-9-11-4-2-6-13(17)14(11)16/h1-7,18H,8-9H2. The van der Waals surface area contributed by atoms with Crippen LogP contribution in [0.3, 0.4) is 0 Å². The summed E-state index contributed by atoms with van der Waals surface area (Å²) in [5, 5.41) is 4.09. The molecule has 0 aromatic heterocycles. The third-order valence-electron chi connectivity index (χ3n) is 2.57. The summed E-state index contributed by atoms with van der Waals surface area (Å²) in [4.78, 5) is 0. The van der Waals surface area contributed by atoms with Gasteiger partial charge in [-0.15, -0.1) is 0 Å². The van der Waals surface area contributed by atoms with Crippen LogP contribution in [0.15, 0.2) is 42.5 Å². The van der Waals surface area contributed by atoms with Crippen molar-refractivity contribution in [3.63, 3.8) is 0 Å². The Kier molecular flexibility index (Phi) is 4.59. The molecule has 0 saturated carbocycles. The molecule has 1 N–H and O–H groups in total. The smallest absolute Gasteiger partial charge is 0.142 e. The summed E-state index contributed by atoms with van der Waals surface area (Å²) in [7, 11) is 0. The molecule has 0 atom stereocenters. The minimum absolute atomic E-state index is 0.177. The first-order chi connectivity index (χ1) is 8.66. The van der Waals surface area contributed by atoms with Gasteiger partial charge in [-0.1, -0.05) is 47.5 Å². The van der Waals surface area contributed by atoms with E-state index in [0.29, 0.717) is 18.1 Å². The highest BCUT2D eigenvalue weighted by Crippen LogP contribution is 2.19. The summed E-state index contributed by atoms with van der Waals surface area (Å²) in [6, 6.07) is 12.4. The highest BCUT2D eigenvalue weighted by molar-refractivity contribution is 6.31. The maximum absolute atomic E-state index is 13.2. The number of rotatable bonds is 4. The molecule has 0 heterocycles. The fraction of sp³-hybridized carbons (Fsp3) is 0.143. The van der Waals surface area contributed by atoms with E-state index in [9.17, 15) is 4.39 Å². The fourth-order valence-corrected chi connectivity index (χ4v) is 2.08. The van der Waals surface area contributed by atoms with Gasteiger partial charge in [-0.25, -0.2) is 4.39 Å². The van der Waals surface area contributed by atoms with Crippen LogP contribution < -0.4 is 5.32 Å². The van der Waals surface area contributed by atoms with Crippen LogP contribution in [0.4, 0.5) is 4.39 Å². The fourth-order valence-electron chi connectivity index (χ4n) is 1.67. The summed E-state index contributed by atoms with van der Waals surface area (Å²) in [6.45, 7) is 1.18. The molecule has 2 aromatic carbocycles. The molecule has 0 unspecified atom stereocenters. The molecule has 4 heteroatoms. The minimum Gasteiger partial charge on any atom is -0.309 e. The molecule has 0 aliphatic rings. The van der Waals surface area contributed by atoms with E-state index < -0.39 is 5.82 Å². The van der Waals surface area contributed by atoms with Gasteiger partial charge >= 0.3 is 0 Å². The second-order valence-electron chi connectivity index (χ2n) is 3.95. The van der Waals surface area contributed by atoms with Crippen LogP contribution >= 0.6 is 23.2 Å². The highest BCUT2D eigenvalue weighted by atomic mass is 35.5. The largest absolute Gasteiger partial charge is 0.309 e. The summed E-state index contributed by atoms with van der Waals surface area (Å²) in [5.74, 6) is -0.390. The van der Waals surface area contributed by atoms with Crippen molar-refractivity contribution in [3.05, 3.63) is 69.5 Å². The van der Waals surface area contributed by atoms with Crippen molar-refractivity contribution in [2.24, 2.45) is 0 Å². The Morgan fingerprint density at radius 2 is 1.78 bits per heavy atom. The zero-order chi connectivity index (χ0) is 13.0. The first-order valence-electron chi connectivity index (χ1n) is 5.55. The van der Waals surface area contributed by atoms with Gasteiger partial charge in [0, 0.05) is 18.1 Å². The average Bonchev–Trinajstić information content (AvgIpc) is 2.35. The quantitative estimate of drug-likeness (QED) is 0.876. The van der Waals surface area contributed by atoms with Crippen LogP contribution in [0.2, 0.25) is 10.0 Å². The van der Waals surface area contributed by atoms with Crippen molar-refractivity contribution < 1.29 is 4.39 Å². The first kappa shape index (κ1) is 13.3. The molecule has 0 bridgehead atoms. The Morgan fingerprint density at radius 1 is 1.00 bits per heavy atom. The predicted molar refractivity (Wildman–Crippen MR) is 73.4 cm³/mol. The molecule has 0 radical (unpaired) electrons. The van der Waals surface area contributed by atoms with Crippen LogP contribution in [0.25, 0.3) is 0 Å². The van der Waals surface area contributed by atoms with Gasteiger partial charge in [0.05, 0.1) is 5.02 Å². The van der Waals surface area contributed by atoms with Crippen LogP contribution in [-0.4, -0.2) is 0 Å². The second kappa shape index (κ2) is 6.19. The number of nitrogens with one attached hydrogen (secondary N) is 1. The molecule has 0 saturated heterocycles. The van der Waals surface area contributed by atoms with Gasteiger partial charge in [0.1, 0.15) is 5.82 Å². The van der Waals surface area contributed by atoms with E-state index in [1.54, 1.807) is 12.1 Å². The second-order valence-corrected chi connectivity index (χ2v) is 4.76. The molecule has 0 spiro atoms. The van der Waals surface area contributed by atoms with Gasteiger partial charge in [-0.3, -0.25) is 0 Å². The molecule has 18 heavy (non-hydrogen) atoms. The number of hydrogen-bond donors (Lipinski definition) is 1. The molecular formula is C14H12Cl2FN. The van der Waals surface area contributed by atoms with Crippen molar-refractivity contribution in [1.82, 2.24) is 5.32 Å². The molecule has 2 rings (SSSR count). The van der Waals surface area contributed by atoms with Crippen LogP contribution in [0.1, 0.15) is 11.1 Å². The van der Waals surface area contributed by atoms with Crippen molar-refractivity contribution in [1.29, 1.82) is 0 Å². The minimum atomic E-state index is -0.390. The Morgan fingerprint density at radius 3 is 2.56 bits per heavy atom. The predicted octanol–water partition coefficient (Wildman–Crippen LogP) is 4.42. The Balaban J connectivity index is 1.94. The van der Waals surface area contributed by atoms with Crippen molar-refractivity contribution in [3.8, 4) is 0 Å². The molecule has 0 fully saturated rings. The molecular weight excluding hydrogens is 272 g/mol. The van der Waals surface area contributed by atoms with Gasteiger partial charge in [-0.05, 0) is 29.3 Å². The van der Waals surface area contributed by atoms with E-state index in [-0.39, 0.29) is 5.02 Å². The topological polar surface area (TPSA) is 12.0 Å². The maximum atomic E-state index is 13.2. The summed E-state index contributed by atoms with van der Waals surface area (Å²) < 4.78 is 13.2. The molecule has 0 aliphatic heterocycles. The van der Waals surface area contributed by atoms with E-state index in [1.165, 1.54) is 6.07 Å². The van der Waals surface area contributed by atoms with Gasteiger partial charge in [0.15, 0.2) is 0 Å². The molecule has 1 nitrogen and oxygen atoms in total. The third kappa shape index (κ3) is 3.45. The summed E-state index contributed by atoms with van der Waals surface area (Å²) in [6.07, 6.45) is 0. The Labute approximate surface area is 116 Å². The van der Waals surface area contributed by atoms with E-state index in [0.717, 1.165) is 11.1 Å². The lowest BCUT2D eigenvalue weighted by Gasteiger charge is -2.07. The zero-order valence-electron chi connectivity index (χ0n) is 9.59. The van der Waals surface area contributed by atoms with E-state index in [1.807, 2.05) is 24.3 Å². The summed E-state index contributed by atoms with van der Waals surface area (Å²) >= 11 is 11.8. The van der Waals surface area contributed by atoms with Crippen LogP contribution in [0.5, 0.6) is 0 Å². The Hall–Kier alpha value is -1.09. The van der Waals surface area contributed by atoms with Crippen molar-refractivity contribution in [2.75, 3.05) is 0 Å². The lowest BCUT2D eigenvalue weighted by atomic mass is 10.2. The molecule has 2 aromatic rings. The van der Waals surface area contributed by atoms with Crippen molar-refractivity contribution >= 4 is 23.2 Å². The van der Waals surface area contributed by atoms with Crippen LogP contribution in [0, 0.1) is 5.82 Å². The normalized spacial score (nSPS) is 10.6. The first-order valence-corrected chi connectivity index (χ1v) is 6.30. The van der Waals surface area contributed by atoms with E-state index in [4.69, 9.17) is 23.2 Å². The lowest BCUT2D eigenvalue weighted by molar-refractivity contribution is 0.620. The van der Waals surface area contributed by atoms with Gasteiger partial charge in [-0.2, -0.15) is 0 Å². The summed E-state index contributed by atoms with van der Waals surface area (Å²) in [5.41, 5.74) is 1.83. The maximum Gasteiger partial charge on any atom is 0.142 e. The number of benzene rings is 2. The van der Waals surface area contributed by atoms with Crippen LogP contribution in [-0.2, 0) is 13.1 Å². The Bertz CT molecular complexity index is 543. The van der Waals surface area contributed by atoms with Crippen molar-refractivity contribution in [2.45, 2.75) is 13.1 Å². The van der Waals surface area contributed by atoms with Gasteiger partial charge in [0.25, 0.3) is 0 Å². The lowest BCUT2D eigenvalue weighted by Crippen LogP contribution is -2.13. The van der Waals surface area contributed by atoms with Gasteiger partial charge in [0.2, 0.25) is 0 Å². The highest BCUT2D eigenvalue weighted by Gasteiger charge is 2.04. The average molecular weight is 284 g/mol. The molecule has 94 valence electrons.